The highest BCUT2D eigenvalue weighted by molar-refractivity contribution is 7.89. The van der Waals surface area contributed by atoms with E-state index in [2.05, 4.69) is 34.1 Å². The van der Waals surface area contributed by atoms with Crippen molar-refractivity contribution in [3.05, 3.63) is 84.2 Å². The first kappa shape index (κ1) is 23.2. The van der Waals surface area contributed by atoms with Crippen molar-refractivity contribution in [2.75, 3.05) is 26.2 Å². The maximum Gasteiger partial charge on any atom is 0.243 e. The van der Waals surface area contributed by atoms with Crippen LogP contribution in [0.1, 0.15) is 29.9 Å². The molecule has 2 aliphatic heterocycles. The number of fused-ring (bicyclic) bond motifs is 1. The molecule has 0 aliphatic carbocycles. The van der Waals surface area contributed by atoms with Crippen molar-refractivity contribution in [3.8, 4) is 11.1 Å². The lowest BCUT2D eigenvalue weighted by atomic mass is 9.74. The predicted octanol–water partition coefficient (Wildman–Crippen LogP) is 3.67. The van der Waals surface area contributed by atoms with E-state index in [9.17, 15) is 13.5 Å². The molecule has 0 saturated carbocycles. The van der Waals surface area contributed by atoms with Gasteiger partial charge in [-0.05, 0) is 66.8 Å². The van der Waals surface area contributed by atoms with Crippen LogP contribution in [0.2, 0.25) is 0 Å². The minimum atomic E-state index is -3.58. The molecule has 3 heterocycles. The third-order valence-electron chi connectivity index (χ3n) is 7.25. The van der Waals surface area contributed by atoms with Crippen LogP contribution in [0.5, 0.6) is 0 Å². The van der Waals surface area contributed by atoms with Crippen LogP contribution >= 0.6 is 0 Å². The molecular weight excluding hydrogens is 446 g/mol. The van der Waals surface area contributed by atoms with Crippen LogP contribution in [0, 0.1) is 6.92 Å². The van der Waals surface area contributed by atoms with Gasteiger partial charge in [0.25, 0.3) is 0 Å². The molecule has 1 N–H and O–H groups in total. The van der Waals surface area contributed by atoms with Crippen LogP contribution in [0.15, 0.2) is 78.0 Å². The van der Waals surface area contributed by atoms with E-state index in [1.807, 2.05) is 31.3 Å². The zero-order valence-corrected chi connectivity index (χ0v) is 20.2. The molecule has 5 rings (SSSR count). The second kappa shape index (κ2) is 9.58. The molecule has 3 atom stereocenters. The maximum absolute atomic E-state index is 13.5. The Balaban J connectivity index is 1.43. The molecule has 2 aromatic carbocycles. The van der Waals surface area contributed by atoms with E-state index in [1.165, 1.54) is 0 Å². The van der Waals surface area contributed by atoms with Crippen LogP contribution in [0.4, 0.5) is 0 Å². The molecule has 0 radical (unpaired) electrons. The van der Waals surface area contributed by atoms with Gasteiger partial charge in [0, 0.05) is 43.5 Å². The smallest absolute Gasteiger partial charge is 0.243 e. The molecule has 6 nitrogen and oxygen atoms in total. The summed E-state index contributed by atoms with van der Waals surface area (Å²) in [4.78, 5) is 6.86. The molecule has 2 saturated heterocycles. The minimum Gasteiger partial charge on any atom is -0.395 e. The molecular formula is C27H31N3O3S. The molecule has 0 amide bonds. The predicted molar refractivity (Wildman–Crippen MR) is 133 cm³/mol. The van der Waals surface area contributed by atoms with Crippen LogP contribution in [-0.4, -0.2) is 66.0 Å². The average molecular weight is 478 g/mol. The fourth-order valence-electron chi connectivity index (χ4n) is 5.48. The quantitative estimate of drug-likeness (QED) is 0.607. The van der Waals surface area contributed by atoms with E-state index in [0.29, 0.717) is 18.0 Å². The van der Waals surface area contributed by atoms with Crippen LogP contribution < -0.4 is 0 Å². The molecule has 178 valence electrons. The zero-order valence-electron chi connectivity index (χ0n) is 19.4. The van der Waals surface area contributed by atoms with E-state index >= 15 is 0 Å². The van der Waals surface area contributed by atoms with Gasteiger partial charge in [0.2, 0.25) is 10.0 Å². The summed E-state index contributed by atoms with van der Waals surface area (Å²) >= 11 is 0. The average Bonchev–Trinajstić information content (AvgIpc) is 2.84. The molecule has 1 aromatic heterocycles. The number of hydrogen-bond acceptors (Lipinski definition) is 5. The summed E-state index contributed by atoms with van der Waals surface area (Å²) in [5.74, 6) is 0.0845. The van der Waals surface area contributed by atoms with Gasteiger partial charge < -0.3 is 5.11 Å². The molecule has 34 heavy (non-hydrogen) atoms. The lowest BCUT2D eigenvalue weighted by molar-refractivity contribution is -0.0553. The Bertz CT molecular complexity index is 1230. The lowest BCUT2D eigenvalue weighted by Gasteiger charge is -2.57. The number of sulfonamides is 1. The zero-order chi connectivity index (χ0) is 23.7. The first-order valence-corrected chi connectivity index (χ1v) is 13.4. The summed E-state index contributed by atoms with van der Waals surface area (Å²) in [7, 11) is -3.58. The number of hydrogen-bond donors (Lipinski definition) is 1. The van der Waals surface area contributed by atoms with Crippen molar-refractivity contribution in [2.45, 2.75) is 42.7 Å². The molecule has 3 aromatic rings. The molecule has 0 spiro atoms. The van der Waals surface area contributed by atoms with Crippen LogP contribution in [0.25, 0.3) is 11.1 Å². The summed E-state index contributed by atoms with van der Waals surface area (Å²) in [6.07, 6.45) is 5.34. The Kier molecular flexibility index (Phi) is 6.53. The van der Waals surface area contributed by atoms with Crippen molar-refractivity contribution >= 4 is 10.0 Å². The maximum atomic E-state index is 13.5. The number of aromatic nitrogens is 1. The first-order valence-electron chi connectivity index (χ1n) is 11.9. The second-order valence-corrected chi connectivity index (χ2v) is 11.3. The van der Waals surface area contributed by atoms with Crippen molar-refractivity contribution in [1.29, 1.82) is 0 Å². The Labute approximate surface area is 201 Å². The third-order valence-corrected chi connectivity index (χ3v) is 9.11. The fraction of sp³-hybridized carbons (Fsp3) is 0.370. The van der Waals surface area contributed by atoms with Gasteiger partial charge >= 0.3 is 0 Å². The number of aryl methyl sites for hydroxylation is 1. The van der Waals surface area contributed by atoms with Gasteiger partial charge in [-0.3, -0.25) is 9.88 Å². The first-order chi connectivity index (χ1) is 16.5. The van der Waals surface area contributed by atoms with Gasteiger partial charge in [-0.25, -0.2) is 8.42 Å². The Morgan fingerprint density at radius 3 is 2.50 bits per heavy atom. The number of pyridine rings is 1. The highest BCUT2D eigenvalue weighted by Gasteiger charge is 2.50. The van der Waals surface area contributed by atoms with Gasteiger partial charge in [-0.2, -0.15) is 4.31 Å². The SMILES string of the molecule is Cc1cccc(S(=O)(=O)N2CCCCN3[C@@H](CO)[C@@H](c4ccc(-c5cccnc5)cc4)[C@@H]3C2)c1. The number of rotatable bonds is 5. The topological polar surface area (TPSA) is 73.7 Å². The lowest BCUT2D eigenvalue weighted by Crippen LogP contribution is -2.67. The van der Waals surface area contributed by atoms with E-state index in [1.54, 1.807) is 28.7 Å². The molecule has 2 fully saturated rings. The van der Waals surface area contributed by atoms with Crippen LogP contribution in [0.3, 0.4) is 0 Å². The minimum absolute atomic E-state index is 0.0101. The fourth-order valence-corrected chi connectivity index (χ4v) is 7.09. The highest BCUT2D eigenvalue weighted by atomic mass is 32.2. The summed E-state index contributed by atoms with van der Waals surface area (Å²) in [6, 6.07) is 19.6. The second-order valence-electron chi connectivity index (χ2n) is 9.33. The third kappa shape index (κ3) is 4.29. The Hall–Kier alpha value is -2.58. The summed E-state index contributed by atoms with van der Waals surface area (Å²) in [5, 5.41) is 10.2. The number of benzene rings is 2. The summed E-state index contributed by atoms with van der Waals surface area (Å²) < 4.78 is 28.7. The van der Waals surface area contributed by atoms with Gasteiger partial charge in [0.1, 0.15) is 0 Å². The van der Waals surface area contributed by atoms with Crippen molar-refractivity contribution in [2.24, 2.45) is 0 Å². The van der Waals surface area contributed by atoms with Crippen molar-refractivity contribution in [3.63, 3.8) is 0 Å². The normalized spacial score (nSPS) is 24.0. The molecule has 0 unspecified atom stereocenters. The Morgan fingerprint density at radius 2 is 1.79 bits per heavy atom. The molecule has 0 bridgehead atoms. The van der Waals surface area contributed by atoms with Gasteiger partial charge in [0.15, 0.2) is 0 Å². The van der Waals surface area contributed by atoms with Crippen LogP contribution in [-0.2, 0) is 10.0 Å². The van der Waals surface area contributed by atoms with Gasteiger partial charge in [-0.15, -0.1) is 0 Å². The number of aliphatic hydroxyl groups is 1. The Morgan fingerprint density at radius 1 is 1.00 bits per heavy atom. The standard InChI is InChI=1S/C27H31N3O3S/c1-20-6-4-8-24(16-20)34(32,33)29-14-2-3-15-30-25(18-29)27(26(30)19-31)22-11-9-21(10-12-22)23-7-5-13-28-17-23/h4-13,16-17,25-27,31H,2-3,14-15,18-19H2,1H3/t25-,26-,27-/m0/s1. The van der Waals surface area contributed by atoms with Gasteiger partial charge in [0.05, 0.1) is 11.5 Å². The van der Waals surface area contributed by atoms with E-state index < -0.39 is 10.0 Å². The molecule has 7 heteroatoms. The van der Waals surface area contributed by atoms with Crippen molar-refractivity contribution in [1.82, 2.24) is 14.2 Å². The number of aliphatic hydroxyl groups excluding tert-OH is 1. The summed E-state index contributed by atoms with van der Waals surface area (Å²) in [5.41, 5.74) is 4.23. The monoisotopic (exact) mass is 477 g/mol. The van der Waals surface area contributed by atoms with Gasteiger partial charge in [-0.1, -0.05) is 42.5 Å². The summed E-state index contributed by atoms with van der Waals surface area (Å²) in [6.45, 7) is 3.82. The van der Waals surface area contributed by atoms with Crippen molar-refractivity contribution < 1.29 is 13.5 Å². The highest BCUT2D eigenvalue weighted by Crippen LogP contribution is 2.43. The molecule has 2 aliphatic rings. The van der Waals surface area contributed by atoms with E-state index in [4.69, 9.17) is 0 Å². The number of nitrogens with zero attached hydrogens (tertiary/aromatic N) is 3. The van der Waals surface area contributed by atoms with E-state index in [0.717, 1.165) is 41.6 Å². The van der Waals surface area contributed by atoms with E-state index in [-0.39, 0.29) is 24.6 Å². The largest absolute Gasteiger partial charge is 0.395 e.